The third-order valence-corrected chi connectivity index (χ3v) is 3.40. The van der Waals surface area contributed by atoms with Crippen LogP contribution in [0.2, 0.25) is 0 Å². The van der Waals surface area contributed by atoms with Crippen molar-refractivity contribution >= 4 is 0 Å². The lowest BCUT2D eigenvalue weighted by Gasteiger charge is -2.30. The predicted molar refractivity (Wildman–Crippen MR) is 58.2 cm³/mol. The fraction of sp³-hybridized carbons (Fsp3) is 0.538. The monoisotopic (exact) mass is 208 g/mol. The molecule has 1 saturated carbocycles. The Morgan fingerprint density at radius 1 is 1.27 bits per heavy atom. The van der Waals surface area contributed by atoms with Crippen molar-refractivity contribution in [2.24, 2.45) is 5.92 Å². The molecule has 1 nitrogen and oxygen atoms in total. The maximum atomic E-state index is 13.4. The van der Waals surface area contributed by atoms with Crippen molar-refractivity contribution in [2.45, 2.75) is 39.2 Å². The Labute approximate surface area is 89.9 Å². The Morgan fingerprint density at radius 3 is 2.20 bits per heavy atom. The van der Waals surface area contributed by atoms with E-state index < -0.39 is 6.10 Å². The van der Waals surface area contributed by atoms with Crippen LogP contribution >= 0.6 is 0 Å². The number of aliphatic hydroxyl groups excluding tert-OH is 1. The highest BCUT2D eigenvalue weighted by molar-refractivity contribution is 5.32. The lowest BCUT2D eigenvalue weighted by atomic mass is 9.78. The van der Waals surface area contributed by atoms with E-state index in [1.807, 2.05) is 0 Å². The third-order valence-electron chi connectivity index (χ3n) is 3.40. The molecule has 1 unspecified atom stereocenters. The Bertz CT molecular complexity index is 346. The number of hydrogen-bond donors (Lipinski definition) is 1. The summed E-state index contributed by atoms with van der Waals surface area (Å²) in [6, 6.07) is 3.54. The van der Waals surface area contributed by atoms with Crippen LogP contribution in [-0.2, 0) is 0 Å². The number of rotatable bonds is 2. The standard InChI is InChI=1S/C13H17FO/c1-8-6-11(7-9(2)12(8)14)13(15)10-4-3-5-10/h6-7,10,13,15H,3-5H2,1-2H3. The predicted octanol–water partition coefficient (Wildman–Crippen LogP) is 3.28. The number of aliphatic hydroxyl groups is 1. The molecule has 15 heavy (non-hydrogen) atoms. The Hall–Kier alpha value is -0.890. The fourth-order valence-corrected chi connectivity index (χ4v) is 2.18. The molecule has 1 N–H and O–H groups in total. The molecule has 0 amide bonds. The van der Waals surface area contributed by atoms with Crippen LogP contribution < -0.4 is 0 Å². The van der Waals surface area contributed by atoms with Crippen LogP contribution in [0.25, 0.3) is 0 Å². The van der Waals surface area contributed by atoms with Crippen LogP contribution in [-0.4, -0.2) is 5.11 Å². The van der Waals surface area contributed by atoms with Gasteiger partial charge in [-0.3, -0.25) is 0 Å². The van der Waals surface area contributed by atoms with Gasteiger partial charge in [0.2, 0.25) is 0 Å². The van der Waals surface area contributed by atoms with E-state index in [-0.39, 0.29) is 5.82 Å². The SMILES string of the molecule is Cc1cc(C(O)C2CCC2)cc(C)c1F. The first-order valence-electron chi connectivity index (χ1n) is 5.54. The zero-order valence-corrected chi connectivity index (χ0v) is 9.26. The van der Waals surface area contributed by atoms with Gasteiger partial charge in [0.25, 0.3) is 0 Å². The van der Waals surface area contributed by atoms with Gasteiger partial charge in [0.15, 0.2) is 0 Å². The zero-order chi connectivity index (χ0) is 11.0. The van der Waals surface area contributed by atoms with Crippen molar-refractivity contribution in [3.8, 4) is 0 Å². The average molecular weight is 208 g/mol. The van der Waals surface area contributed by atoms with E-state index in [4.69, 9.17) is 0 Å². The molecule has 2 rings (SSSR count). The van der Waals surface area contributed by atoms with Crippen LogP contribution in [0.4, 0.5) is 4.39 Å². The number of benzene rings is 1. The van der Waals surface area contributed by atoms with Crippen LogP contribution in [0.1, 0.15) is 42.1 Å². The second-order valence-electron chi connectivity index (χ2n) is 4.60. The molecule has 1 fully saturated rings. The Kier molecular flexibility index (Phi) is 2.79. The van der Waals surface area contributed by atoms with Crippen molar-refractivity contribution in [3.05, 3.63) is 34.6 Å². The van der Waals surface area contributed by atoms with Crippen LogP contribution in [0.3, 0.4) is 0 Å². The minimum Gasteiger partial charge on any atom is -0.388 e. The van der Waals surface area contributed by atoms with E-state index in [2.05, 4.69) is 0 Å². The summed E-state index contributed by atoms with van der Waals surface area (Å²) < 4.78 is 13.4. The van der Waals surface area contributed by atoms with Gasteiger partial charge in [0.05, 0.1) is 6.10 Å². The first-order valence-corrected chi connectivity index (χ1v) is 5.54. The topological polar surface area (TPSA) is 20.2 Å². The summed E-state index contributed by atoms with van der Waals surface area (Å²) >= 11 is 0. The highest BCUT2D eigenvalue weighted by atomic mass is 19.1. The Morgan fingerprint density at radius 2 is 1.80 bits per heavy atom. The maximum Gasteiger partial charge on any atom is 0.129 e. The van der Waals surface area contributed by atoms with Gasteiger partial charge in [-0.2, -0.15) is 0 Å². The molecule has 2 heteroatoms. The summed E-state index contributed by atoms with van der Waals surface area (Å²) in [5.74, 6) is 0.230. The first-order chi connectivity index (χ1) is 7.09. The molecule has 1 atom stereocenters. The molecule has 1 aliphatic carbocycles. The van der Waals surface area contributed by atoms with Crippen molar-refractivity contribution in [3.63, 3.8) is 0 Å². The molecule has 82 valence electrons. The molecule has 0 spiro atoms. The fourth-order valence-electron chi connectivity index (χ4n) is 2.18. The third kappa shape index (κ3) is 1.91. The quantitative estimate of drug-likeness (QED) is 0.790. The summed E-state index contributed by atoms with van der Waals surface area (Å²) in [6.07, 6.45) is 2.99. The molecule has 0 radical (unpaired) electrons. The highest BCUT2D eigenvalue weighted by Crippen LogP contribution is 2.38. The van der Waals surface area contributed by atoms with Crippen LogP contribution in [0.5, 0.6) is 0 Å². The molecule has 0 bridgehead atoms. The second kappa shape index (κ2) is 3.93. The minimum atomic E-state index is -0.406. The summed E-state index contributed by atoms with van der Waals surface area (Å²) in [4.78, 5) is 0. The average Bonchev–Trinajstić information content (AvgIpc) is 2.10. The number of aryl methyl sites for hydroxylation is 2. The van der Waals surface area contributed by atoms with Gasteiger partial charge in [0, 0.05) is 0 Å². The lowest BCUT2D eigenvalue weighted by molar-refractivity contribution is 0.0619. The van der Waals surface area contributed by atoms with Crippen LogP contribution in [0, 0.1) is 25.6 Å². The van der Waals surface area contributed by atoms with Crippen molar-refractivity contribution in [2.75, 3.05) is 0 Å². The van der Waals surface area contributed by atoms with Gasteiger partial charge in [-0.05, 0) is 49.3 Å². The molecular formula is C13H17FO. The second-order valence-corrected chi connectivity index (χ2v) is 4.60. The van der Waals surface area contributed by atoms with E-state index in [9.17, 15) is 9.50 Å². The van der Waals surface area contributed by atoms with Crippen molar-refractivity contribution in [1.82, 2.24) is 0 Å². The van der Waals surface area contributed by atoms with Crippen LogP contribution in [0.15, 0.2) is 12.1 Å². The smallest absolute Gasteiger partial charge is 0.129 e. The summed E-state index contributed by atoms with van der Waals surface area (Å²) in [5, 5.41) is 10.1. The minimum absolute atomic E-state index is 0.153. The van der Waals surface area contributed by atoms with E-state index in [0.29, 0.717) is 17.0 Å². The maximum absolute atomic E-state index is 13.4. The molecule has 0 aliphatic heterocycles. The van der Waals surface area contributed by atoms with Gasteiger partial charge in [-0.15, -0.1) is 0 Å². The van der Waals surface area contributed by atoms with Gasteiger partial charge in [-0.1, -0.05) is 18.6 Å². The molecular weight excluding hydrogens is 191 g/mol. The summed E-state index contributed by atoms with van der Waals surface area (Å²) in [5.41, 5.74) is 2.13. The van der Waals surface area contributed by atoms with Gasteiger partial charge in [-0.25, -0.2) is 4.39 Å². The molecule has 1 aliphatic rings. The zero-order valence-electron chi connectivity index (χ0n) is 9.26. The van der Waals surface area contributed by atoms with Gasteiger partial charge >= 0.3 is 0 Å². The van der Waals surface area contributed by atoms with E-state index in [1.165, 1.54) is 6.42 Å². The molecule has 1 aromatic rings. The van der Waals surface area contributed by atoms with Crippen molar-refractivity contribution < 1.29 is 9.50 Å². The summed E-state index contributed by atoms with van der Waals surface area (Å²) in [7, 11) is 0. The van der Waals surface area contributed by atoms with Crippen molar-refractivity contribution in [1.29, 1.82) is 0 Å². The number of halogens is 1. The lowest BCUT2D eigenvalue weighted by Crippen LogP contribution is -2.20. The molecule has 0 aromatic heterocycles. The van der Waals surface area contributed by atoms with Gasteiger partial charge in [0.1, 0.15) is 5.82 Å². The molecule has 0 heterocycles. The van der Waals surface area contributed by atoms with E-state index in [0.717, 1.165) is 18.4 Å². The summed E-state index contributed by atoms with van der Waals surface area (Å²) in [6.45, 7) is 3.50. The normalized spacial score (nSPS) is 18.7. The van der Waals surface area contributed by atoms with E-state index >= 15 is 0 Å². The van der Waals surface area contributed by atoms with Gasteiger partial charge < -0.3 is 5.11 Å². The highest BCUT2D eigenvalue weighted by Gasteiger charge is 2.27. The molecule has 0 saturated heterocycles. The Balaban J connectivity index is 2.27. The first kappa shape index (κ1) is 10.6. The largest absolute Gasteiger partial charge is 0.388 e. The number of hydrogen-bond acceptors (Lipinski definition) is 1. The molecule has 1 aromatic carbocycles. The van der Waals surface area contributed by atoms with E-state index in [1.54, 1.807) is 26.0 Å².